The number of nitrogens with zero attached hydrogens (tertiary/aromatic N) is 4. The van der Waals surface area contributed by atoms with Gasteiger partial charge in [0, 0.05) is 17.1 Å². The average molecular weight is 339 g/mol. The molecule has 6 nitrogen and oxygen atoms in total. The van der Waals surface area contributed by atoms with Gasteiger partial charge in [0.1, 0.15) is 5.01 Å². The minimum atomic E-state index is -0.225. The van der Waals surface area contributed by atoms with Crippen LogP contribution in [0.5, 0.6) is 0 Å². The molecule has 24 heavy (non-hydrogen) atoms. The van der Waals surface area contributed by atoms with Crippen molar-refractivity contribution in [2.24, 2.45) is 0 Å². The number of benzene rings is 1. The summed E-state index contributed by atoms with van der Waals surface area (Å²) in [7, 11) is 0. The molecule has 0 aliphatic carbocycles. The Kier molecular flexibility index (Phi) is 4.69. The number of hydrogen-bond acceptors (Lipinski definition) is 7. The van der Waals surface area contributed by atoms with Crippen LogP contribution in [0.25, 0.3) is 11.5 Å². The average Bonchev–Trinajstić information content (AvgIpc) is 3.32. The maximum absolute atomic E-state index is 8.84. The molecule has 3 rings (SSSR count). The molecule has 0 amide bonds. The molecule has 1 atom stereocenters. The van der Waals surface area contributed by atoms with Gasteiger partial charge in [-0.25, -0.2) is 4.98 Å². The highest BCUT2D eigenvalue weighted by Crippen LogP contribution is 2.27. The summed E-state index contributed by atoms with van der Waals surface area (Å²) >= 11 is 1.63. The van der Waals surface area contributed by atoms with E-state index in [-0.39, 0.29) is 5.54 Å². The zero-order chi connectivity index (χ0) is 17.0. The summed E-state index contributed by atoms with van der Waals surface area (Å²) in [5.74, 6) is 0.967. The third kappa shape index (κ3) is 3.35. The monoisotopic (exact) mass is 339 g/mol. The van der Waals surface area contributed by atoms with Crippen LogP contribution in [-0.4, -0.2) is 15.2 Å². The second-order valence-electron chi connectivity index (χ2n) is 5.57. The summed E-state index contributed by atoms with van der Waals surface area (Å²) < 4.78 is 5.72. The predicted molar refractivity (Wildman–Crippen MR) is 91.0 cm³/mol. The van der Waals surface area contributed by atoms with Crippen molar-refractivity contribution in [3.8, 4) is 17.5 Å². The minimum absolute atomic E-state index is 0.225. The van der Waals surface area contributed by atoms with Crippen LogP contribution in [0.15, 0.2) is 40.3 Å². The maximum atomic E-state index is 8.84. The Morgan fingerprint density at radius 1 is 1.29 bits per heavy atom. The number of aromatic nitrogens is 3. The first kappa shape index (κ1) is 16.3. The maximum Gasteiger partial charge on any atom is 0.247 e. The van der Waals surface area contributed by atoms with Crippen molar-refractivity contribution < 1.29 is 4.42 Å². The Hall–Kier alpha value is -2.56. The van der Waals surface area contributed by atoms with E-state index in [0.717, 1.165) is 17.0 Å². The van der Waals surface area contributed by atoms with E-state index in [9.17, 15) is 0 Å². The van der Waals surface area contributed by atoms with Gasteiger partial charge in [0.25, 0.3) is 0 Å². The van der Waals surface area contributed by atoms with Gasteiger partial charge in [0.05, 0.1) is 23.7 Å². The van der Waals surface area contributed by atoms with E-state index in [2.05, 4.69) is 40.4 Å². The molecule has 0 aliphatic heterocycles. The van der Waals surface area contributed by atoms with Crippen LogP contribution in [0.3, 0.4) is 0 Å². The normalized spacial score (nSPS) is 13.4. The van der Waals surface area contributed by atoms with Crippen molar-refractivity contribution in [1.82, 2.24) is 20.5 Å². The molecule has 0 aliphatic rings. The molecule has 1 N–H and O–H groups in total. The molecule has 0 spiro atoms. The first-order chi connectivity index (χ1) is 11.6. The third-order valence-electron chi connectivity index (χ3n) is 3.97. The van der Waals surface area contributed by atoms with Gasteiger partial charge >= 0.3 is 0 Å². The smallest absolute Gasteiger partial charge is 0.247 e. The molecule has 2 heterocycles. The fourth-order valence-corrected chi connectivity index (χ4v) is 3.10. The molecule has 0 bridgehead atoms. The molecule has 0 saturated carbocycles. The summed E-state index contributed by atoms with van der Waals surface area (Å²) in [5, 5.41) is 23.5. The zero-order valence-corrected chi connectivity index (χ0v) is 14.3. The van der Waals surface area contributed by atoms with E-state index in [0.29, 0.717) is 23.9 Å². The molecule has 1 aromatic carbocycles. The highest BCUT2D eigenvalue weighted by molar-refractivity contribution is 7.09. The zero-order valence-electron chi connectivity index (χ0n) is 13.5. The van der Waals surface area contributed by atoms with Gasteiger partial charge in [-0.2, -0.15) is 5.26 Å². The summed E-state index contributed by atoms with van der Waals surface area (Å²) in [4.78, 5) is 4.40. The topological polar surface area (TPSA) is 87.6 Å². The molecule has 0 fully saturated rings. The summed E-state index contributed by atoms with van der Waals surface area (Å²) in [6.07, 6.45) is 2.71. The fraction of sp³-hybridized carbons (Fsp3) is 0.294. The van der Waals surface area contributed by atoms with Crippen LogP contribution < -0.4 is 5.32 Å². The lowest BCUT2D eigenvalue weighted by Gasteiger charge is -2.26. The molecule has 0 radical (unpaired) electrons. The first-order valence-electron chi connectivity index (χ1n) is 7.62. The lowest BCUT2D eigenvalue weighted by Crippen LogP contribution is -2.38. The Morgan fingerprint density at radius 3 is 2.71 bits per heavy atom. The third-order valence-corrected chi connectivity index (χ3v) is 5.01. The number of rotatable bonds is 6. The second kappa shape index (κ2) is 6.91. The van der Waals surface area contributed by atoms with Crippen molar-refractivity contribution in [2.75, 3.05) is 0 Å². The van der Waals surface area contributed by atoms with Gasteiger partial charge < -0.3 is 4.42 Å². The van der Waals surface area contributed by atoms with E-state index >= 15 is 0 Å². The molecule has 2 aromatic heterocycles. The van der Waals surface area contributed by atoms with Crippen LogP contribution in [0, 0.1) is 11.3 Å². The van der Waals surface area contributed by atoms with Crippen LogP contribution in [-0.2, 0) is 12.1 Å². The fourth-order valence-electron chi connectivity index (χ4n) is 2.25. The van der Waals surface area contributed by atoms with Crippen molar-refractivity contribution in [3.05, 3.63) is 52.3 Å². The Bertz CT molecular complexity index is 835. The SMILES string of the molecule is CC[C@](C)(NCc1nnc(-c2ccc(C#N)cc2)o1)c1nccs1. The number of nitrogens with one attached hydrogen (secondary N) is 1. The molecule has 3 aromatic rings. The standard InChI is InChI=1S/C17H17N5OS/c1-3-17(2,16-19-8-9-24-16)20-11-14-21-22-15(23-14)13-6-4-12(10-18)5-7-13/h4-9,20H,3,11H2,1-2H3/t17-/m0/s1. The molecule has 7 heteroatoms. The number of thiazole rings is 1. The van der Waals surface area contributed by atoms with Gasteiger partial charge in [-0.15, -0.1) is 21.5 Å². The summed E-state index contributed by atoms with van der Waals surface area (Å²) in [6, 6.07) is 9.15. The summed E-state index contributed by atoms with van der Waals surface area (Å²) in [6.45, 7) is 4.70. The van der Waals surface area contributed by atoms with E-state index in [4.69, 9.17) is 9.68 Å². The molecule has 122 valence electrons. The number of nitriles is 1. The molecule has 0 unspecified atom stereocenters. The quantitative estimate of drug-likeness (QED) is 0.740. The van der Waals surface area contributed by atoms with Crippen molar-refractivity contribution in [3.63, 3.8) is 0 Å². The van der Waals surface area contributed by atoms with Crippen LogP contribution in [0.2, 0.25) is 0 Å². The van der Waals surface area contributed by atoms with Gasteiger partial charge in [-0.3, -0.25) is 5.32 Å². The van der Waals surface area contributed by atoms with Crippen LogP contribution in [0.1, 0.15) is 36.7 Å². The van der Waals surface area contributed by atoms with Crippen LogP contribution >= 0.6 is 11.3 Å². The van der Waals surface area contributed by atoms with Crippen LogP contribution in [0.4, 0.5) is 0 Å². The lowest BCUT2D eigenvalue weighted by molar-refractivity contribution is 0.327. The van der Waals surface area contributed by atoms with Gasteiger partial charge in [-0.05, 0) is 37.6 Å². The minimum Gasteiger partial charge on any atom is -0.419 e. The van der Waals surface area contributed by atoms with Crippen molar-refractivity contribution in [1.29, 1.82) is 5.26 Å². The van der Waals surface area contributed by atoms with Gasteiger partial charge in [0.2, 0.25) is 11.8 Å². The highest BCUT2D eigenvalue weighted by atomic mass is 32.1. The van der Waals surface area contributed by atoms with E-state index in [1.807, 2.05) is 11.6 Å². The Balaban J connectivity index is 1.71. The van der Waals surface area contributed by atoms with Gasteiger partial charge in [0.15, 0.2) is 0 Å². The van der Waals surface area contributed by atoms with Crippen molar-refractivity contribution >= 4 is 11.3 Å². The van der Waals surface area contributed by atoms with Gasteiger partial charge in [-0.1, -0.05) is 6.92 Å². The highest BCUT2D eigenvalue weighted by Gasteiger charge is 2.27. The first-order valence-corrected chi connectivity index (χ1v) is 8.50. The predicted octanol–water partition coefficient (Wildman–Crippen LogP) is 3.48. The molecular formula is C17H17N5OS. The largest absolute Gasteiger partial charge is 0.419 e. The van der Waals surface area contributed by atoms with Crippen molar-refractivity contribution in [2.45, 2.75) is 32.4 Å². The van der Waals surface area contributed by atoms with E-state index in [1.165, 1.54) is 0 Å². The molecular weight excluding hydrogens is 322 g/mol. The van der Waals surface area contributed by atoms with E-state index < -0.39 is 0 Å². The van der Waals surface area contributed by atoms with E-state index in [1.54, 1.807) is 35.6 Å². The summed E-state index contributed by atoms with van der Waals surface area (Å²) in [5.41, 5.74) is 1.17. The number of hydrogen-bond donors (Lipinski definition) is 1. The Labute approximate surface area is 144 Å². The lowest BCUT2D eigenvalue weighted by atomic mass is 10.00. The second-order valence-corrected chi connectivity index (χ2v) is 6.46. The molecule has 0 saturated heterocycles. The Morgan fingerprint density at radius 2 is 2.08 bits per heavy atom.